The summed E-state index contributed by atoms with van der Waals surface area (Å²) < 4.78 is 0. The summed E-state index contributed by atoms with van der Waals surface area (Å²) in [7, 11) is 0. The minimum Gasteiger partial charge on any atom is -0.481 e. The molecule has 1 saturated carbocycles. The molecule has 1 rings (SSSR count). The lowest BCUT2D eigenvalue weighted by molar-refractivity contribution is -0.143. The Bertz CT molecular complexity index is 544. The molecular weight excluding hydrogens is 362 g/mol. The van der Waals surface area contributed by atoms with E-state index >= 15 is 0 Å². The van der Waals surface area contributed by atoms with Gasteiger partial charge in [-0.1, -0.05) is 6.92 Å². The summed E-state index contributed by atoms with van der Waals surface area (Å²) in [4.78, 5) is 45.8. The van der Waals surface area contributed by atoms with Crippen LogP contribution in [0.4, 0.5) is 0 Å². The smallest absolute Gasteiger partial charge is 0.306 e. The van der Waals surface area contributed by atoms with E-state index in [0.717, 1.165) is 38.5 Å². The molecule has 28 heavy (non-hydrogen) atoms. The molecule has 1 fully saturated rings. The molecule has 0 radical (unpaired) electrons. The number of nitrogens with two attached hydrogens (primary N) is 1. The number of nitrogens with one attached hydrogen (secondary N) is 2. The fourth-order valence-electron chi connectivity index (χ4n) is 3.37. The number of amides is 2. The van der Waals surface area contributed by atoms with Gasteiger partial charge in [-0.3, -0.25) is 19.2 Å². The molecule has 2 unspecified atom stereocenters. The normalized spacial score (nSPS) is 21.4. The van der Waals surface area contributed by atoms with Gasteiger partial charge < -0.3 is 21.5 Å². The summed E-state index contributed by atoms with van der Waals surface area (Å²) in [5, 5.41) is 14.6. The number of carbonyl (C=O) groups excluding carboxylic acids is 3. The second-order valence-electron chi connectivity index (χ2n) is 7.97. The molecule has 0 bridgehead atoms. The number of aliphatic carboxylic acids is 1. The summed E-state index contributed by atoms with van der Waals surface area (Å²) in [5.74, 6) is -1.47. The monoisotopic (exact) mass is 397 g/mol. The van der Waals surface area contributed by atoms with E-state index in [2.05, 4.69) is 10.6 Å². The number of ketones is 1. The third kappa shape index (κ3) is 9.30. The molecule has 5 N–H and O–H groups in total. The molecule has 2 amide bonds. The minimum absolute atomic E-state index is 0.00613. The molecule has 1 aliphatic carbocycles. The highest BCUT2D eigenvalue weighted by Crippen LogP contribution is 2.28. The number of carboxylic acids is 1. The van der Waals surface area contributed by atoms with Crippen molar-refractivity contribution in [2.24, 2.45) is 23.5 Å². The predicted molar refractivity (Wildman–Crippen MR) is 105 cm³/mol. The van der Waals surface area contributed by atoms with Crippen LogP contribution in [0.25, 0.3) is 0 Å². The number of unbranched alkanes of at least 4 members (excludes halogenated alkanes) is 1. The first kappa shape index (κ1) is 24.1. The van der Waals surface area contributed by atoms with Gasteiger partial charge in [0, 0.05) is 25.4 Å². The van der Waals surface area contributed by atoms with Crippen LogP contribution in [0.15, 0.2) is 0 Å². The van der Waals surface area contributed by atoms with E-state index < -0.39 is 17.9 Å². The fraction of sp³-hybridized carbons (Fsp3) is 0.800. The molecule has 0 heterocycles. The van der Waals surface area contributed by atoms with Crippen LogP contribution in [-0.2, 0) is 19.2 Å². The van der Waals surface area contributed by atoms with E-state index in [1.807, 2.05) is 0 Å². The maximum atomic E-state index is 12.2. The van der Waals surface area contributed by atoms with E-state index in [1.54, 1.807) is 0 Å². The van der Waals surface area contributed by atoms with E-state index in [9.17, 15) is 19.2 Å². The largest absolute Gasteiger partial charge is 0.481 e. The number of rotatable bonds is 12. The van der Waals surface area contributed by atoms with Gasteiger partial charge in [0.15, 0.2) is 0 Å². The van der Waals surface area contributed by atoms with Crippen molar-refractivity contribution in [3.05, 3.63) is 0 Å². The van der Waals surface area contributed by atoms with Gasteiger partial charge in [0.05, 0.1) is 12.0 Å². The Morgan fingerprint density at radius 1 is 1.07 bits per heavy atom. The van der Waals surface area contributed by atoms with Crippen molar-refractivity contribution in [3.63, 3.8) is 0 Å². The van der Waals surface area contributed by atoms with Crippen LogP contribution in [0.3, 0.4) is 0 Å². The average Bonchev–Trinajstić information content (AvgIpc) is 2.65. The van der Waals surface area contributed by atoms with Crippen LogP contribution < -0.4 is 16.4 Å². The quantitative estimate of drug-likeness (QED) is 0.365. The standard InChI is InChI=1S/C20H35N3O5/c1-13(20(27)28)11-18(25)23-12-15-6-8-16(9-7-15)19(26)22-10-4-3-5-17(21)14(2)24/h13,15-17H,3-12,21H2,1-2H3,(H,22,26)(H,23,25)(H,27,28). The lowest BCUT2D eigenvalue weighted by atomic mass is 9.81. The van der Waals surface area contributed by atoms with E-state index in [-0.39, 0.29) is 29.9 Å². The summed E-state index contributed by atoms with van der Waals surface area (Å²) in [6, 6.07) is -0.404. The molecule has 0 spiro atoms. The van der Waals surface area contributed by atoms with Crippen molar-refractivity contribution in [2.45, 2.75) is 71.3 Å². The van der Waals surface area contributed by atoms with Crippen molar-refractivity contribution in [1.82, 2.24) is 10.6 Å². The molecule has 2 atom stereocenters. The maximum Gasteiger partial charge on any atom is 0.306 e. The Hall–Kier alpha value is -1.96. The molecule has 0 aromatic carbocycles. The van der Waals surface area contributed by atoms with E-state index in [1.165, 1.54) is 13.8 Å². The van der Waals surface area contributed by atoms with Crippen molar-refractivity contribution in [1.29, 1.82) is 0 Å². The van der Waals surface area contributed by atoms with Gasteiger partial charge in [0.1, 0.15) is 5.78 Å². The van der Waals surface area contributed by atoms with Gasteiger partial charge in [-0.25, -0.2) is 0 Å². The highest BCUT2D eigenvalue weighted by molar-refractivity contribution is 5.82. The SMILES string of the molecule is CC(=O)C(N)CCCCNC(=O)C1CCC(CNC(=O)CC(C)C(=O)O)CC1. The Morgan fingerprint density at radius 3 is 2.29 bits per heavy atom. The van der Waals surface area contributed by atoms with Crippen LogP contribution in [0.2, 0.25) is 0 Å². The van der Waals surface area contributed by atoms with E-state index in [0.29, 0.717) is 25.4 Å². The number of carboxylic acid groups (broad SMARTS) is 1. The summed E-state index contributed by atoms with van der Waals surface area (Å²) in [6.45, 7) is 4.14. The highest BCUT2D eigenvalue weighted by Gasteiger charge is 2.26. The summed E-state index contributed by atoms with van der Waals surface area (Å²) in [5.41, 5.74) is 5.68. The van der Waals surface area contributed by atoms with Crippen molar-refractivity contribution < 1.29 is 24.3 Å². The first-order chi connectivity index (χ1) is 13.2. The molecule has 160 valence electrons. The minimum atomic E-state index is -0.969. The number of Topliss-reactive ketones (excluding diaryl/α,β-unsaturated/α-hetero) is 1. The first-order valence-electron chi connectivity index (χ1n) is 10.2. The van der Waals surface area contributed by atoms with Crippen LogP contribution >= 0.6 is 0 Å². The highest BCUT2D eigenvalue weighted by atomic mass is 16.4. The predicted octanol–water partition coefficient (Wildman–Crippen LogP) is 1.22. The zero-order chi connectivity index (χ0) is 21.1. The Morgan fingerprint density at radius 2 is 1.71 bits per heavy atom. The molecule has 8 nitrogen and oxygen atoms in total. The van der Waals surface area contributed by atoms with Gasteiger partial charge in [0.2, 0.25) is 11.8 Å². The molecule has 8 heteroatoms. The second-order valence-corrected chi connectivity index (χ2v) is 7.97. The molecule has 0 saturated heterocycles. The first-order valence-corrected chi connectivity index (χ1v) is 10.2. The van der Waals surface area contributed by atoms with Crippen molar-refractivity contribution in [2.75, 3.05) is 13.1 Å². The topological polar surface area (TPSA) is 139 Å². The molecule has 0 aliphatic heterocycles. The van der Waals surface area contributed by atoms with Gasteiger partial charge in [-0.15, -0.1) is 0 Å². The zero-order valence-corrected chi connectivity index (χ0v) is 17.0. The molecule has 1 aliphatic rings. The summed E-state index contributed by atoms with van der Waals surface area (Å²) >= 11 is 0. The van der Waals surface area contributed by atoms with Crippen molar-refractivity contribution in [3.8, 4) is 0 Å². The zero-order valence-electron chi connectivity index (χ0n) is 17.0. The van der Waals surface area contributed by atoms with E-state index in [4.69, 9.17) is 10.8 Å². The molecule has 0 aromatic rings. The Labute approximate surface area is 167 Å². The lowest BCUT2D eigenvalue weighted by Crippen LogP contribution is -2.37. The van der Waals surface area contributed by atoms with Crippen LogP contribution in [0.5, 0.6) is 0 Å². The molecular formula is C20H35N3O5. The third-order valence-corrected chi connectivity index (χ3v) is 5.48. The summed E-state index contributed by atoms with van der Waals surface area (Å²) in [6.07, 6.45) is 5.61. The number of hydrogen-bond acceptors (Lipinski definition) is 5. The third-order valence-electron chi connectivity index (χ3n) is 5.48. The molecule has 0 aromatic heterocycles. The average molecular weight is 398 g/mol. The Balaban J connectivity index is 2.14. The lowest BCUT2D eigenvalue weighted by Gasteiger charge is -2.28. The van der Waals surface area contributed by atoms with Gasteiger partial charge in [-0.05, 0) is 57.8 Å². The number of carbonyl (C=O) groups is 4. The van der Waals surface area contributed by atoms with Crippen molar-refractivity contribution >= 4 is 23.6 Å². The van der Waals surface area contributed by atoms with Gasteiger partial charge in [0.25, 0.3) is 0 Å². The second kappa shape index (κ2) is 12.5. The van der Waals surface area contributed by atoms with Gasteiger partial charge in [-0.2, -0.15) is 0 Å². The fourth-order valence-corrected chi connectivity index (χ4v) is 3.37. The maximum absolute atomic E-state index is 12.2. The van der Waals surface area contributed by atoms with Crippen LogP contribution in [0, 0.1) is 17.8 Å². The number of hydrogen-bond donors (Lipinski definition) is 4. The van der Waals surface area contributed by atoms with Gasteiger partial charge >= 0.3 is 5.97 Å². The van der Waals surface area contributed by atoms with Crippen LogP contribution in [0.1, 0.15) is 65.2 Å². The Kier molecular flexibility index (Phi) is 10.7. The van der Waals surface area contributed by atoms with Crippen LogP contribution in [-0.4, -0.2) is 47.8 Å².